The first kappa shape index (κ1) is 12.2. The molecule has 6 heteroatoms. The second-order valence-electron chi connectivity index (χ2n) is 3.08. The van der Waals surface area contributed by atoms with Crippen LogP contribution in [0.15, 0.2) is 16.3 Å². The van der Waals surface area contributed by atoms with Crippen molar-refractivity contribution in [1.82, 2.24) is 0 Å². The van der Waals surface area contributed by atoms with E-state index in [1.165, 1.54) is 0 Å². The standard InChI is InChI=1S/C10H11FN2O3/c1-2-16-10(15)8-7(3-11)13-5-6(4-12)9(8)14/h6,14H,2-3,5H2,1H3. The highest BCUT2D eigenvalue weighted by Crippen LogP contribution is 2.21. The summed E-state index contributed by atoms with van der Waals surface area (Å²) in [5.41, 5.74) is -0.482. The molecule has 0 spiro atoms. The van der Waals surface area contributed by atoms with E-state index in [0.717, 1.165) is 0 Å². The zero-order valence-electron chi connectivity index (χ0n) is 8.73. The summed E-state index contributed by atoms with van der Waals surface area (Å²) in [6, 6.07) is 1.78. The lowest BCUT2D eigenvalue weighted by atomic mass is 9.98. The van der Waals surface area contributed by atoms with Crippen LogP contribution in [0.25, 0.3) is 0 Å². The number of carbonyl (C=O) groups excluding carboxylic acids is 1. The van der Waals surface area contributed by atoms with Crippen molar-refractivity contribution in [2.45, 2.75) is 6.92 Å². The van der Waals surface area contributed by atoms with Gasteiger partial charge in [-0.3, -0.25) is 4.99 Å². The minimum atomic E-state index is -0.976. The Morgan fingerprint density at radius 1 is 1.81 bits per heavy atom. The number of halogens is 1. The molecule has 0 aliphatic carbocycles. The van der Waals surface area contributed by atoms with Crippen molar-refractivity contribution in [3.05, 3.63) is 11.3 Å². The molecule has 5 nitrogen and oxygen atoms in total. The number of esters is 1. The van der Waals surface area contributed by atoms with Gasteiger partial charge in [-0.05, 0) is 6.92 Å². The van der Waals surface area contributed by atoms with Gasteiger partial charge in [0.05, 0.1) is 24.9 Å². The number of aliphatic imine (C=N–C) groups is 1. The predicted octanol–water partition coefficient (Wildman–Crippen LogP) is 0.925. The molecule has 0 aromatic rings. The predicted molar refractivity (Wildman–Crippen MR) is 53.7 cm³/mol. The van der Waals surface area contributed by atoms with Gasteiger partial charge in [-0.1, -0.05) is 0 Å². The minimum absolute atomic E-state index is 0.0372. The van der Waals surface area contributed by atoms with Gasteiger partial charge >= 0.3 is 5.97 Å². The first-order valence-corrected chi connectivity index (χ1v) is 4.75. The summed E-state index contributed by atoms with van der Waals surface area (Å²) in [6.45, 7) is 0.680. The summed E-state index contributed by atoms with van der Waals surface area (Å²) in [4.78, 5) is 15.2. The molecule has 16 heavy (non-hydrogen) atoms. The van der Waals surface area contributed by atoms with Crippen LogP contribution in [0.3, 0.4) is 0 Å². The van der Waals surface area contributed by atoms with Crippen LogP contribution < -0.4 is 0 Å². The van der Waals surface area contributed by atoms with Gasteiger partial charge in [0.15, 0.2) is 0 Å². The van der Waals surface area contributed by atoms with Crippen molar-refractivity contribution in [2.24, 2.45) is 10.9 Å². The minimum Gasteiger partial charge on any atom is -0.510 e. The third kappa shape index (κ3) is 2.19. The summed E-state index contributed by atoms with van der Waals surface area (Å²) in [5.74, 6) is -2.21. The zero-order chi connectivity index (χ0) is 12.1. The Bertz CT molecular complexity index is 395. The number of aliphatic hydroxyl groups excluding tert-OH is 1. The second kappa shape index (κ2) is 5.26. The number of alkyl halides is 1. The van der Waals surface area contributed by atoms with E-state index in [9.17, 15) is 14.3 Å². The topological polar surface area (TPSA) is 82.7 Å². The Balaban J connectivity index is 3.10. The molecular formula is C10H11FN2O3. The SMILES string of the molecule is CCOC(=O)C1=C(O)C(C#N)CN=C1CF. The molecule has 0 saturated heterocycles. The average Bonchev–Trinajstić information content (AvgIpc) is 2.28. The van der Waals surface area contributed by atoms with Crippen LogP contribution in [0.1, 0.15) is 6.92 Å². The third-order valence-electron chi connectivity index (χ3n) is 2.10. The number of ether oxygens (including phenoxy) is 1. The Labute approximate surface area is 91.9 Å². The van der Waals surface area contributed by atoms with Gasteiger partial charge < -0.3 is 9.84 Å². The van der Waals surface area contributed by atoms with Crippen molar-refractivity contribution in [1.29, 1.82) is 5.26 Å². The molecule has 0 aromatic heterocycles. The normalized spacial score (nSPS) is 20.1. The summed E-state index contributed by atoms with van der Waals surface area (Å²) < 4.78 is 17.2. The molecule has 1 N–H and O–H groups in total. The highest BCUT2D eigenvalue weighted by Gasteiger charge is 2.30. The van der Waals surface area contributed by atoms with E-state index < -0.39 is 24.3 Å². The maximum atomic E-state index is 12.6. The summed E-state index contributed by atoms with van der Waals surface area (Å²) >= 11 is 0. The summed E-state index contributed by atoms with van der Waals surface area (Å²) in [6.07, 6.45) is 0. The van der Waals surface area contributed by atoms with E-state index in [1.807, 2.05) is 0 Å². The van der Waals surface area contributed by atoms with E-state index in [0.29, 0.717) is 0 Å². The van der Waals surface area contributed by atoms with Crippen LogP contribution in [0.5, 0.6) is 0 Å². The molecule has 1 aliphatic rings. The lowest BCUT2D eigenvalue weighted by Crippen LogP contribution is -2.27. The zero-order valence-corrected chi connectivity index (χ0v) is 8.73. The highest BCUT2D eigenvalue weighted by molar-refractivity contribution is 6.21. The van der Waals surface area contributed by atoms with Crippen LogP contribution in [0, 0.1) is 17.2 Å². The molecule has 0 saturated carbocycles. The quantitative estimate of drug-likeness (QED) is 0.725. The van der Waals surface area contributed by atoms with Crippen LogP contribution in [0.2, 0.25) is 0 Å². The summed E-state index contributed by atoms with van der Waals surface area (Å²) in [7, 11) is 0. The van der Waals surface area contributed by atoms with Crippen LogP contribution >= 0.6 is 0 Å². The maximum absolute atomic E-state index is 12.6. The first-order valence-electron chi connectivity index (χ1n) is 4.75. The Kier molecular flexibility index (Phi) is 4.00. The van der Waals surface area contributed by atoms with Crippen LogP contribution in [-0.2, 0) is 9.53 Å². The van der Waals surface area contributed by atoms with Gasteiger partial charge in [0, 0.05) is 0 Å². The fraction of sp³-hybridized carbons (Fsp3) is 0.500. The van der Waals surface area contributed by atoms with E-state index in [1.54, 1.807) is 13.0 Å². The van der Waals surface area contributed by atoms with E-state index >= 15 is 0 Å². The molecule has 0 amide bonds. The van der Waals surface area contributed by atoms with Crippen molar-refractivity contribution in [2.75, 3.05) is 19.8 Å². The molecule has 0 bridgehead atoms. The van der Waals surface area contributed by atoms with Crippen molar-refractivity contribution >= 4 is 11.7 Å². The van der Waals surface area contributed by atoms with Crippen LogP contribution in [0.4, 0.5) is 4.39 Å². The highest BCUT2D eigenvalue weighted by atomic mass is 19.1. The van der Waals surface area contributed by atoms with E-state index in [2.05, 4.69) is 9.73 Å². The van der Waals surface area contributed by atoms with Gasteiger partial charge in [-0.2, -0.15) is 5.26 Å². The molecule has 1 aliphatic heterocycles. The lowest BCUT2D eigenvalue weighted by molar-refractivity contribution is -0.138. The molecule has 0 aromatic carbocycles. The lowest BCUT2D eigenvalue weighted by Gasteiger charge is -2.17. The smallest absolute Gasteiger partial charge is 0.343 e. The average molecular weight is 226 g/mol. The number of nitriles is 1. The van der Waals surface area contributed by atoms with Gasteiger partial charge in [0.1, 0.15) is 23.9 Å². The number of dihydropyridines is 1. The number of hydrogen-bond acceptors (Lipinski definition) is 5. The molecule has 86 valence electrons. The number of aliphatic hydroxyl groups is 1. The van der Waals surface area contributed by atoms with Crippen LogP contribution in [-0.4, -0.2) is 36.6 Å². The maximum Gasteiger partial charge on any atom is 0.343 e. The van der Waals surface area contributed by atoms with E-state index in [-0.39, 0.29) is 24.4 Å². The van der Waals surface area contributed by atoms with Gasteiger partial charge in [-0.15, -0.1) is 0 Å². The Hall–Kier alpha value is -1.90. The number of nitrogens with zero attached hydrogens (tertiary/aromatic N) is 2. The van der Waals surface area contributed by atoms with Crippen molar-refractivity contribution in [3.63, 3.8) is 0 Å². The number of rotatable bonds is 3. The van der Waals surface area contributed by atoms with E-state index in [4.69, 9.17) is 5.26 Å². The third-order valence-corrected chi connectivity index (χ3v) is 2.10. The molecule has 0 radical (unpaired) electrons. The van der Waals surface area contributed by atoms with Gasteiger partial charge in [0.2, 0.25) is 0 Å². The summed E-state index contributed by atoms with van der Waals surface area (Å²) in [5, 5.41) is 18.3. The molecular weight excluding hydrogens is 215 g/mol. The monoisotopic (exact) mass is 226 g/mol. The van der Waals surface area contributed by atoms with Crippen molar-refractivity contribution in [3.8, 4) is 6.07 Å². The largest absolute Gasteiger partial charge is 0.510 e. The van der Waals surface area contributed by atoms with Gasteiger partial charge in [0.25, 0.3) is 0 Å². The Morgan fingerprint density at radius 3 is 3.00 bits per heavy atom. The number of hydrogen-bond donors (Lipinski definition) is 1. The Morgan fingerprint density at radius 2 is 2.50 bits per heavy atom. The molecule has 0 fully saturated rings. The molecule has 1 heterocycles. The fourth-order valence-corrected chi connectivity index (χ4v) is 1.33. The molecule has 1 rings (SSSR count). The van der Waals surface area contributed by atoms with Crippen molar-refractivity contribution < 1.29 is 19.0 Å². The van der Waals surface area contributed by atoms with Gasteiger partial charge in [-0.25, -0.2) is 9.18 Å². The fourth-order valence-electron chi connectivity index (χ4n) is 1.33. The second-order valence-corrected chi connectivity index (χ2v) is 3.08. The molecule has 1 unspecified atom stereocenters. The number of carbonyl (C=O) groups is 1. The molecule has 1 atom stereocenters. The first-order chi connectivity index (χ1) is 7.65.